The van der Waals surface area contributed by atoms with E-state index in [9.17, 15) is 9.59 Å². The molecule has 3 rings (SSSR count). The number of ether oxygens (including phenoxy) is 2. The summed E-state index contributed by atoms with van der Waals surface area (Å²) < 4.78 is 10.7. The zero-order valence-electron chi connectivity index (χ0n) is 20.4. The Morgan fingerprint density at radius 1 is 1.06 bits per heavy atom. The number of anilines is 2. The van der Waals surface area contributed by atoms with Crippen LogP contribution in [0.5, 0.6) is 11.5 Å². The molecule has 0 saturated heterocycles. The molecular formula is C26H31N3O4S2. The van der Waals surface area contributed by atoms with E-state index in [-0.39, 0.29) is 17.1 Å². The maximum Gasteiger partial charge on any atom is 0.239 e. The number of hydrogen-bond donors (Lipinski definition) is 2. The number of nitrogens with one attached hydrogen (secondary N) is 2. The fourth-order valence-electron chi connectivity index (χ4n) is 3.34. The number of thioether (sulfide) groups is 1. The Kier molecular flexibility index (Phi) is 9.98. The highest BCUT2D eigenvalue weighted by molar-refractivity contribution is 8.00. The van der Waals surface area contributed by atoms with Crippen molar-refractivity contribution in [3.8, 4) is 22.8 Å². The maximum atomic E-state index is 13.0. The minimum absolute atomic E-state index is 0.00726. The third-order valence-electron chi connectivity index (χ3n) is 5.23. The standard InChI is InChI=1S/C26H31N3O4S2/c1-5-7-11-24(30)27-18-9-8-10-19(15-18)35-23(6-2)25(31)29-26-28-20(16-34-26)17-12-13-21(32-3)22(14-17)33-4/h8-10,12-16,23H,5-7,11H2,1-4H3,(H,27,30)(H,28,29,31). The molecule has 35 heavy (non-hydrogen) atoms. The van der Waals surface area contributed by atoms with E-state index in [4.69, 9.17) is 9.47 Å². The van der Waals surface area contributed by atoms with E-state index in [0.717, 1.165) is 34.7 Å². The highest BCUT2D eigenvalue weighted by Gasteiger charge is 2.20. The zero-order chi connectivity index (χ0) is 25.2. The lowest BCUT2D eigenvalue weighted by Gasteiger charge is -2.14. The second kappa shape index (κ2) is 13.2. The van der Waals surface area contributed by atoms with Gasteiger partial charge in [-0.3, -0.25) is 9.59 Å². The van der Waals surface area contributed by atoms with Gasteiger partial charge in [0.2, 0.25) is 11.8 Å². The summed E-state index contributed by atoms with van der Waals surface area (Å²) in [7, 11) is 3.18. The summed E-state index contributed by atoms with van der Waals surface area (Å²) in [5.41, 5.74) is 2.36. The lowest BCUT2D eigenvalue weighted by atomic mass is 10.1. The summed E-state index contributed by atoms with van der Waals surface area (Å²) in [6.07, 6.45) is 3.00. The van der Waals surface area contributed by atoms with Crippen LogP contribution in [-0.4, -0.2) is 36.3 Å². The molecule has 0 radical (unpaired) electrons. The number of carbonyl (C=O) groups excluding carboxylic acids is 2. The van der Waals surface area contributed by atoms with Crippen molar-refractivity contribution in [1.29, 1.82) is 0 Å². The van der Waals surface area contributed by atoms with E-state index in [1.165, 1.54) is 23.1 Å². The Balaban J connectivity index is 1.64. The first-order valence-corrected chi connectivity index (χ1v) is 13.3. The topological polar surface area (TPSA) is 89.6 Å². The Bertz CT molecular complexity index is 1150. The number of benzene rings is 2. The molecule has 0 spiro atoms. The van der Waals surface area contributed by atoms with Gasteiger partial charge in [-0.15, -0.1) is 23.1 Å². The van der Waals surface area contributed by atoms with Crippen LogP contribution in [0.2, 0.25) is 0 Å². The molecule has 3 aromatic rings. The van der Waals surface area contributed by atoms with Crippen molar-refractivity contribution in [2.45, 2.75) is 49.7 Å². The van der Waals surface area contributed by atoms with Crippen molar-refractivity contribution >= 4 is 45.7 Å². The van der Waals surface area contributed by atoms with Crippen LogP contribution in [0.25, 0.3) is 11.3 Å². The third-order valence-corrected chi connectivity index (χ3v) is 7.35. The third kappa shape index (κ3) is 7.47. The van der Waals surface area contributed by atoms with Crippen LogP contribution in [0.15, 0.2) is 52.7 Å². The highest BCUT2D eigenvalue weighted by Crippen LogP contribution is 2.34. The van der Waals surface area contributed by atoms with Crippen molar-refractivity contribution in [1.82, 2.24) is 4.98 Å². The zero-order valence-corrected chi connectivity index (χ0v) is 22.1. The summed E-state index contributed by atoms with van der Waals surface area (Å²) in [5, 5.41) is 8.02. The molecule has 0 aliphatic rings. The van der Waals surface area contributed by atoms with Gasteiger partial charge in [0.25, 0.3) is 0 Å². The monoisotopic (exact) mass is 513 g/mol. The Morgan fingerprint density at radius 2 is 1.86 bits per heavy atom. The molecule has 2 N–H and O–H groups in total. The average molecular weight is 514 g/mol. The van der Waals surface area contributed by atoms with Crippen molar-refractivity contribution in [3.63, 3.8) is 0 Å². The van der Waals surface area contributed by atoms with E-state index in [2.05, 4.69) is 22.5 Å². The molecule has 0 fully saturated rings. The van der Waals surface area contributed by atoms with Gasteiger partial charge < -0.3 is 20.1 Å². The molecule has 7 nitrogen and oxygen atoms in total. The van der Waals surface area contributed by atoms with Crippen molar-refractivity contribution in [2.75, 3.05) is 24.9 Å². The highest BCUT2D eigenvalue weighted by atomic mass is 32.2. The minimum Gasteiger partial charge on any atom is -0.493 e. The Labute approximate surface area is 214 Å². The van der Waals surface area contributed by atoms with Crippen LogP contribution >= 0.6 is 23.1 Å². The molecule has 9 heteroatoms. The minimum atomic E-state index is -0.297. The number of methoxy groups -OCH3 is 2. The summed E-state index contributed by atoms with van der Waals surface area (Å²) in [6, 6.07) is 13.2. The van der Waals surface area contributed by atoms with Crippen LogP contribution in [0.3, 0.4) is 0 Å². The Hall–Kier alpha value is -3.04. The first kappa shape index (κ1) is 26.6. The first-order valence-electron chi connectivity index (χ1n) is 11.5. The van der Waals surface area contributed by atoms with Gasteiger partial charge in [-0.2, -0.15) is 0 Å². The molecule has 1 heterocycles. The van der Waals surface area contributed by atoms with E-state index in [1.54, 1.807) is 14.2 Å². The fourth-order valence-corrected chi connectivity index (χ4v) is 5.08. The van der Waals surface area contributed by atoms with E-state index in [1.807, 2.05) is 54.8 Å². The molecule has 0 bridgehead atoms. The molecule has 186 valence electrons. The molecular weight excluding hydrogens is 482 g/mol. The second-order valence-electron chi connectivity index (χ2n) is 7.79. The van der Waals surface area contributed by atoms with Gasteiger partial charge in [0.1, 0.15) is 0 Å². The van der Waals surface area contributed by atoms with Crippen LogP contribution in [0.1, 0.15) is 39.5 Å². The van der Waals surface area contributed by atoms with Gasteiger partial charge in [-0.25, -0.2) is 4.98 Å². The number of carbonyl (C=O) groups is 2. The number of rotatable bonds is 12. The number of unbranched alkanes of at least 4 members (excludes halogenated alkanes) is 1. The van der Waals surface area contributed by atoms with Crippen LogP contribution in [0, 0.1) is 0 Å². The summed E-state index contributed by atoms with van der Waals surface area (Å²) in [4.78, 5) is 30.5. The van der Waals surface area contributed by atoms with Crippen molar-refractivity contribution in [3.05, 3.63) is 47.8 Å². The molecule has 1 aromatic heterocycles. The van der Waals surface area contributed by atoms with Gasteiger partial charge in [-0.1, -0.05) is 26.3 Å². The SMILES string of the molecule is CCCCC(=O)Nc1cccc(SC(CC)C(=O)Nc2nc(-c3ccc(OC)c(OC)c3)cs2)c1. The second-order valence-corrected chi connectivity index (χ2v) is 9.93. The van der Waals surface area contributed by atoms with E-state index >= 15 is 0 Å². The summed E-state index contributed by atoms with van der Waals surface area (Å²) >= 11 is 2.84. The normalized spacial score (nSPS) is 11.5. The number of aromatic nitrogens is 1. The quantitative estimate of drug-likeness (QED) is 0.270. The van der Waals surface area contributed by atoms with Crippen LogP contribution in [-0.2, 0) is 9.59 Å². The number of hydrogen-bond acceptors (Lipinski definition) is 7. The summed E-state index contributed by atoms with van der Waals surface area (Å²) in [5.74, 6) is 1.16. The van der Waals surface area contributed by atoms with Crippen LogP contribution in [0.4, 0.5) is 10.8 Å². The van der Waals surface area contributed by atoms with Crippen LogP contribution < -0.4 is 20.1 Å². The van der Waals surface area contributed by atoms with Gasteiger partial charge in [0.05, 0.1) is 25.2 Å². The van der Waals surface area contributed by atoms with E-state index < -0.39 is 0 Å². The molecule has 2 amide bonds. The van der Waals surface area contributed by atoms with Gasteiger partial charge >= 0.3 is 0 Å². The molecule has 1 atom stereocenters. The lowest BCUT2D eigenvalue weighted by Crippen LogP contribution is -2.24. The maximum absolute atomic E-state index is 13.0. The molecule has 1 unspecified atom stereocenters. The number of amides is 2. The lowest BCUT2D eigenvalue weighted by molar-refractivity contribution is -0.116. The van der Waals surface area contributed by atoms with Crippen molar-refractivity contribution < 1.29 is 19.1 Å². The molecule has 0 saturated carbocycles. The Morgan fingerprint density at radius 3 is 2.57 bits per heavy atom. The smallest absolute Gasteiger partial charge is 0.239 e. The van der Waals surface area contributed by atoms with E-state index in [0.29, 0.717) is 29.5 Å². The number of thiazole rings is 1. The largest absolute Gasteiger partial charge is 0.493 e. The predicted octanol–water partition coefficient (Wildman–Crippen LogP) is 6.47. The van der Waals surface area contributed by atoms with Gasteiger partial charge in [0.15, 0.2) is 16.6 Å². The fraction of sp³-hybridized carbons (Fsp3) is 0.346. The molecule has 0 aliphatic heterocycles. The average Bonchev–Trinajstić information content (AvgIpc) is 3.34. The van der Waals surface area contributed by atoms with Gasteiger partial charge in [-0.05, 0) is 49.2 Å². The predicted molar refractivity (Wildman–Crippen MR) is 144 cm³/mol. The molecule has 0 aliphatic carbocycles. The first-order chi connectivity index (χ1) is 17.0. The number of nitrogens with zero attached hydrogens (tertiary/aromatic N) is 1. The summed E-state index contributed by atoms with van der Waals surface area (Å²) in [6.45, 7) is 4.04. The van der Waals surface area contributed by atoms with Gasteiger partial charge in [0, 0.05) is 27.9 Å². The van der Waals surface area contributed by atoms with Crippen molar-refractivity contribution in [2.24, 2.45) is 0 Å². The molecule has 2 aromatic carbocycles.